The SMILES string of the molecule is Cc1cc(C)cc(CC(N)c2cccnc2)c1. The zero-order valence-corrected chi connectivity index (χ0v) is 10.4. The Hall–Kier alpha value is -1.67. The van der Waals surface area contributed by atoms with Crippen LogP contribution in [0.4, 0.5) is 0 Å². The molecule has 2 nitrogen and oxygen atoms in total. The lowest BCUT2D eigenvalue weighted by Gasteiger charge is -2.12. The summed E-state index contributed by atoms with van der Waals surface area (Å²) in [5.74, 6) is 0. The summed E-state index contributed by atoms with van der Waals surface area (Å²) in [5.41, 5.74) is 11.1. The van der Waals surface area contributed by atoms with Crippen LogP contribution in [-0.2, 0) is 6.42 Å². The Morgan fingerprint density at radius 2 is 1.88 bits per heavy atom. The lowest BCUT2D eigenvalue weighted by molar-refractivity contribution is 0.717. The van der Waals surface area contributed by atoms with Crippen LogP contribution in [0.3, 0.4) is 0 Å². The van der Waals surface area contributed by atoms with Crippen molar-refractivity contribution in [3.63, 3.8) is 0 Å². The molecule has 2 heteroatoms. The van der Waals surface area contributed by atoms with Crippen LogP contribution in [0.1, 0.15) is 28.3 Å². The number of hydrogen-bond acceptors (Lipinski definition) is 2. The largest absolute Gasteiger partial charge is 0.324 e. The lowest BCUT2D eigenvalue weighted by Crippen LogP contribution is -2.13. The fourth-order valence-electron chi connectivity index (χ4n) is 2.15. The van der Waals surface area contributed by atoms with Gasteiger partial charge in [-0.1, -0.05) is 35.4 Å². The summed E-state index contributed by atoms with van der Waals surface area (Å²) in [5, 5.41) is 0. The fraction of sp³-hybridized carbons (Fsp3) is 0.267. The monoisotopic (exact) mass is 226 g/mol. The Labute approximate surface area is 103 Å². The Morgan fingerprint density at radius 1 is 1.18 bits per heavy atom. The maximum Gasteiger partial charge on any atom is 0.0351 e. The van der Waals surface area contributed by atoms with E-state index in [-0.39, 0.29) is 6.04 Å². The van der Waals surface area contributed by atoms with Crippen LogP contribution in [-0.4, -0.2) is 4.98 Å². The van der Waals surface area contributed by atoms with Gasteiger partial charge in [-0.25, -0.2) is 0 Å². The predicted molar refractivity (Wildman–Crippen MR) is 70.8 cm³/mol. The second-order valence-corrected chi connectivity index (χ2v) is 4.59. The van der Waals surface area contributed by atoms with Crippen molar-refractivity contribution in [1.29, 1.82) is 0 Å². The van der Waals surface area contributed by atoms with E-state index in [0.29, 0.717) is 0 Å². The molecule has 0 bridgehead atoms. The highest BCUT2D eigenvalue weighted by molar-refractivity contribution is 5.30. The molecule has 1 atom stereocenters. The van der Waals surface area contributed by atoms with Gasteiger partial charge >= 0.3 is 0 Å². The van der Waals surface area contributed by atoms with E-state index < -0.39 is 0 Å². The summed E-state index contributed by atoms with van der Waals surface area (Å²) in [6, 6.07) is 10.5. The molecule has 88 valence electrons. The van der Waals surface area contributed by atoms with E-state index in [9.17, 15) is 0 Å². The van der Waals surface area contributed by atoms with Gasteiger partial charge in [-0.15, -0.1) is 0 Å². The Morgan fingerprint density at radius 3 is 2.47 bits per heavy atom. The molecule has 0 aliphatic rings. The standard InChI is InChI=1S/C15H18N2/c1-11-6-12(2)8-13(7-11)9-15(16)14-4-3-5-17-10-14/h3-8,10,15H,9,16H2,1-2H3. The predicted octanol–water partition coefficient (Wildman–Crippen LogP) is 2.94. The van der Waals surface area contributed by atoms with E-state index >= 15 is 0 Å². The molecule has 0 aliphatic carbocycles. The summed E-state index contributed by atoms with van der Waals surface area (Å²) in [7, 11) is 0. The zero-order chi connectivity index (χ0) is 12.3. The molecular formula is C15H18N2. The van der Waals surface area contributed by atoms with E-state index in [1.54, 1.807) is 6.20 Å². The Balaban J connectivity index is 2.16. The number of nitrogens with zero attached hydrogens (tertiary/aromatic N) is 1. The maximum absolute atomic E-state index is 6.19. The molecule has 2 aromatic rings. The van der Waals surface area contributed by atoms with Crippen LogP contribution in [0.2, 0.25) is 0 Å². The molecule has 1 aromatic heterocycles. The van der Waals surface area contributed by atoms with Crippen LogP contribution in [0.15, 0.2) is 42.7 Å². The van der Waals surface area contributed by atoms with Crippen LogP contribution in [0.25, 0.3) is 0 Å². The highest BCUT2D eigenvalue weighted by Crippen LogP contribution is 2.17. The Bertz CT molecular complexity index is 471. The van der Waals surface area contributed by atoms with Gasteiger partial charge in [0, 0.05) is 18.4 Å². The smallest absolute Gasteiger partial charge is 0.0351 e. The molecule has 1 heterocycles. The van der Waals surface area contributed by atoms with Crippen molar-refractivity contribution < 1.29 is 0 Å². The molecule has 2 N–H and O–H groups in total. The number of rotatable bonds is 3. The number of aryl methyl sites for hydroxylation is 2. The van der Waals surface area contributed by atoms with E-state index in [4.69, 9.17) is 5.73 Å². The van der Waals surface area contributed by atoms with Gasteiger partial charge in [0.15, 0.2) is 0 Å². The van der Waals surface area contributed by atoms with E-state index in [2.05, 4.69) is 37.0 Å². The molecule has 0 saturated carbocycles. The molecule has 2 rings (SSSR count). The minimum atomic E-state index is 0.0184. The first kappa shape index (κ1) is 11.8. The van der Waals surface area contributed by atoms with E-state index in [0.717, 1.165) is 12.0 Å². The summed E-state index contributed by atoms with van der Waals surface area (Å²) < 4.78 is 0. The van der Waals surface area contributed by atoms with Crippen molar-refractivity contribution in [3.05, 3.63) is 65.0 Å². The van der Waals surface area contributed by atoms with E-state index in [1.165, 1.54) is 16.7 Å². The molecule has 0 amide bonds. The number of aromatic nitrogens is 1. The lowest BCUT2D eigenvalue weighted by atomic mass is 9.98. The molecule has 17 heavy (non-hydrogen) atoms. The third kappa shape index (κ3) is 3.14. The third-order valence-electron chi connectivity index (χ3n) is 2.85. The van der Waals surface area contributed by atoms with Crippen molar-refractivity contribution in [2.24, 2.45) is 5.73 Å². The van der Waals surface area contributed by atoms with Crippen LogP contribution in [0.5, 0.6) is 0 Å². The van der Waals surface area contributed by atoms with Gasteiger partial charge in [0.2, 0.25) is 0 Å². The number of pyridine rings is 1. The first-order valence-corrected chi connectivity index (χ1v) is 5.88. The minimum absolute atomic E-state index is 0.0184. The van der Waals surface area contributed by atoms with Crippen molar-refractivity contribution in [3.8, 4) is 0 Å². The van der Waals surface area contributed by atoms with Gasteiger partial charge < -0.3 is 5.73 Å². The van der Waals surface area contributed by atoms with Gasteiger partial charge in [0.25, 0.3) is 0 Å². The second kappa shape index (κ2) is 5.11. The topological polar surface area (TPSA) is 38.9 Å². The molecule has 0 radical (unpaired) electrons. The Kier molecular flexibility index (Phi) is 3.55. The third-order valence-corrected chi connectivity index (χ3v) is 2.85. The molecule has 0 fully saturated rings. The molecule has 0 saturated heterocycles. The number of nitrogens with two attached hydrogens (primary N) is 1. The fourth-order valence-corrected chi connectivity index (χ4v) is 2.15. The van der Waals surface area contributed by atoms with Gasteiger partial charge in [-0.2, -0.15) is 0 Å². The highest BCUT2D eigenvalue weighted by Gasteiger charge is 2.07. The van der Waals surface area contributed by atoms with Gasteiger partial charge in [-0.05, 0) is 37.5 Å². The highest BCUT2D eigenvalue weighted by atomic mass is 14.7. The normalized spacial score (nSPS) is 12.4. The van der Waals surface area contributed by atoms with Gasteiger partial charge in [-0.3, -0.25) is 4.98 Å². The molecule has 0 spiro atoms. The van der Waals surface area contributed by atoms with Crippen molar-refractivity contribution in [2.45, 2.75) is 26.3 Å². The number of benzene rings is 1. The van der Waals surface area contributed by atoms with Crippen LogP contribution in [0, 0.1) is 13.8 Å². The second-order valence-electron chi connectivity index (χ2n) is 4.59. The molecule has 0 aliphatic heterocycles. The summed E-state index contributed by atoms with van der Waals surface area (Å²) >= 11 is 0. The first-order chi connectivity index (χ1) is 8.15. The van der Waals surface area contributed by atoms with Crippen molar-refractivity contribution in [2.75, 3.05) is 0 Å². The van der Waals surface area contributed by atoms with E-state index in [1.807, 2.05) is 18.3 Å². The summed E-state index contributed by atoms with van der Waals surface area (Å²) in [4.78, 5) is 4.10. The van der Waals surface area contributed by atoms with Crippen molar-refractivity contribution in [1.82, 2.24) is 4.98 Å². The van der Waals surface area contributed by atoms with Gasteiger partial charge in [0.05, 0.1) is 0 Å². The molecular weight excluding hydrogens is 208 g/mol. The summed E-state index contributed by atoms with van der Waals surface area (Å²) in [6.07, 6.45) is 4.47. The molecule has 1 unspecified atom stereocenters. The quantitative estimate of drug-likeness (QED) is 0.874. The number of hydrogen-bond donors (Lipinski definition) is 1. The summed E-state index contributed by atoms with van der Waals surface area (Å²) in [6.45, 7) is 4.23. The molecule has 1 aromatic carbocycles. The minimum Gasteiger partial charge on any atom is -0.324 e. The van der Waals surface area contributed by atoms with Crippen molar-refractivity contribution >= 4 is 0 Å². The average Bonchev–Trinajstić information content (AvgIpc) is 2.28. The van der Waals surface area contributed by atoms with Crippen LogP contribution < -0.4 is 5.73 Å². The average molecular weight is 226 g/mol. The first-order valence-electron chi connectivity index (χ1n) is 5.88. The van der Waals surface area contributed by atoms with Gasteiger partial charge in [0.1, 0.15) is 0 Å². The zero-order valence-electron chi connectivity index (χ0n) is 10.4. The van der Waals surface area contributed by atoms with Crippen LogP contribution >= 0.6 is 0 Å². The maximum atomic E-state index is 6.19.